The van der Waals surface area contributed by atoms with E-state index in [9.17, 15) is 18.0 Å². The first-order valence-corrected chi connectivity index (χ1v) is 3.58. The van der Waals surface area contributed by atoms with Gasteiger partial charge in [0.1, 0.15) is 11.4 Å². The van der Waals surface area contributed by atoms with E-state index in [4.69, 9.17) is 0 Å². The van der Waals surface area contributed by atoms with Crippen molar-refractivity contribution in [2.24, 2.45) is 0 Å². The maximum absolute atomic E-state index is 13.1. The van der Waals surface area contributed by atoms with E-state index >= 15 is 0 Å². The summed E-state index contributed by atoms with van der Waals surface area (Å²) in [5.74, 6) is -1.45. The topological polar surface area (TPSA) is 39.2 Å². The van der Waals surface area contributed by atoms with Crippen molar-refractivity contribution in [1.82, 2.24) is 4.98 Å². The predicted octanol–water partition coefficient (Wildman–Crippen LogP) is 1.98. The highest BCUT2D eigenvalue weighted by Crippen LogP contribution is 2.25. The maximum Gasteiger partial charge on any atom is 0.280 e. The molecule has 0 spiro atoms. The zero-order valence-electron chi connectivity index (χ0n) is 7.13. The summed E-state index contributed by atoms with van der Waals surface area (Å²) in [5.41, 5.74) is -1.37. The molecule has 0 bridgehead atoms. The number of ether oxygens (including phenoxy) is 1. The first kappa shape index (κ1) is 10.5. The van der Waals surface area contributed by atoms with Crippen LogP contribution >= 0.6 is 0 Å². The zero-order valence-corrected chi connectivity index (χ0v) is 7.13. The molecule has 0 amide bonds. The highest BCUT2D eigenvalue weighted by Gasteiger charge is 2.17. The van der Waals surface area contributed by atoms with Gasteiger partial charge in [0.15, 0.2) is 17.9 Å². The fraction of sp³-hybridized carbons (Fsp3) is 0.250. The normalized spacial score (nSPS) is 10.4. The molecule has 0 aliphatic rings. The first-order chi connectivity index (χ1) is 6.60. The third kappa shape index (κ3) is 1.84. The van der Waals surface area contributed by atoms with Crippen molar-refractivity contribution < 1.29 is 22.7 Å². The van der Waals surface area contributed by atoms with Gasteiger partial charge in [-0.1, -0.05) is 0 Å². The molecule has 1 heterocycles. The first-order valence-electron chi connectivity index (χ1n) is 3.58. The molecule has 0 aromatic carbocycles. The van der Waals surface area contributed by atoms with Crippen LogP contribution in [0, 0.1) is 5.82 Å². The van der Waals surface area contributed by atoms with Crippen LogP contribution in [0.1, 0.15) is 22.6 Å². The van der Waals surface area contributed by atoms with Crippen molar-refractivity contribution >= 4 is 6.29 Å². The van der Waals surface area contributed by atoms with Gasteiger partial charge in [-0.15, -0.1) is 0 Å². The van der Waals surface area contributed by atoms with Crippen LogP contribution < -0.4 is 4.74 Å². The molecule has 0 saturated heterocycles. The summed E-state index contributed by atoms with van der Waals surface area (Å²) in [6.45, 7) is 0. The van der Waals surface area contributed by atoms with E-state index in [1.165, 1.54) is 0 Å². The minimum atomic E-state index is -2.87. The molecule has 76 valence electrons. The standard InChI is InChI=1S/C8H6F3NO2/c1-14-6-2-4(8(10)11)12-5(3-13)7(6)9/h2-3,8H,1H3. The predicted molar refractivity (Wildman–Crippen MR) is 41.1 cm³/mol. The summed E-state index contributed by atoms with van der Waals surface area (Å²) in [6.07, 6.45) is -2.81. The lowest BCUT2D eigenvalue weighted by molar-refractivity contribution is 0.111. The Bertz CT molecular complexity index is 355. The van der Waals surface area contributed by atoms with E-state index in [2.05, 4.69) is 9.72 Å². The van der Waals surface area contributed by atoms with Crippen LogP contribution in [0.2, 0.25) is 0 Å². The Morgan fingerprint density at radius 1 is 1.57 bits per heavy atom. The lowest BCUT2D eigenvalue weighted by Crippen LogP contribution is -2.02. The van der Waals surface area contributed by atoms with E-state index in [1.54, 1.807) is 0 Å². The molecule has 0 radical (unpaired) electrons. The molecule has 0 saturated carbocycles. The Kier molecular flexibility index (Phi) is 3.06. The third-order valence-electron chi connectivity index (χ3n) is 1.52. The number of hydrogen-bond donors (Lipinski definition) is 0. The molecule has 3 nitrogen and oxygen atoms in total. The summed E-state index contributed by atoms with van der Waals surface area (Å²) < 4.78 is 41.9. The summed E-state index contributed by atoms with van der Waals surface area (Å²) in [5, 5.41) is 0. The summed E-state index contributed by atoms with van der Waals surface area (Å²) >= 11 is 0. The van der Waals surface area contributed by atoms with E-state index in [0.717, 1.165) is 13.2 Å². The number of pyridine rings is 1. The van der Waals surface area contributed by atoms with Crippen LogP contribution in [0.5, 0.6) is 5.75 Å². The van der Waals surface area contributed by atoms with Crippen molar-refractivity contribution in [3.8, 4) is 5.75 Å². The lowest BCUT2D eigenvalue weighted by atomic mass is 10.3. The number of nitrogens with zero attached hydrogens (tertiary/aromatic N) is 1. The smallest absolute Gasteiger partial charge is 0.280 e. The van der Waals surface area contributed by atoms with Gasteiger partial charge in [-0.2, -0.15) is 0 Å². The van der Waals surface area contributed by atoms with E-state index in [-0.39, 0.29) is 6.29 Å². The van der Waals surface area contributed by atoms with Gasteiger partial charge in [-0.05, 0) is 0 Å². The molecule has 0 aliphatic carbocycles. The number of rotatable bonds is 3. The molecule has 0 atom stereocenters. The fourth-order valence-electron chi connectivity index (χ4n) is 0.883. The molecule has 0 unspecified atom stereocenters. The Labute approximate surface area is 77.5 Å². The average molecular weight is 205 g/mol. The number of halogens is 3. The number of aldehydes is 1. The lowest BCUT2D eigenvalue weighted by Gasteiger charge is -2.05. The Balaban J connectivity index is 3.31. The van der Waals surface area contributed by atoms with Crippen LogP contribution in [0.25, 0.3) is 0 Å². The summed E-state index contributed by atoms with van der Waals surface area (Å²) in [4.78, 5) is 13.4. The maximum atomic E-state index is 13.1. The molecular weight excluding hydrogens is 199 g/mol. The van der Waals surface area contributed by atoms with Gasteiger partial charge < -0.3 is 4.74 Å². The molecule has 0 aliphatic heterocycles. The molecule has 1 aromatic rings. The summed E-state index contributed by atoms with van der Waals surface area (Å²) in [6, 6.07) is 0.757. The summed E-state index contributed by atoms with van der Waals surface area (Å²) in [7, 11) is 1.11. The second-order valence-electron chi connectivity index (χ2n) is 2.37. The molecule has 0 fully saturated rings. The van der Waals surface area contributed by atoms with Crippen LogP contribution in [-0.4, -0.2) is 18.4 Å². The van der Waals surface area contributed by atoms with Gasteiger partial charge in [0.05, 0.1) is 7.11 Å². The number of alkyl halides is 2. The van der Waals surface area contributed by atoms with Crippen LogP contribution in [0.15, 0.2) is 6.07 Å². The highest BCUT2D eigenvalue weighted by molar-refractivity contribution is 5.73. The SMILES string of the molecule is COc1cc(C(F)F)nc(C=O)c1F. The monoisotopic (exact) mass is 205 g/mol. The number of hydrogen-bond acceptors (Lipinski definition) is 3. The molecule has 14 heavy (non-hydrogen) atoms. The zero-order chi connectivity index (χ0) is 10.7. The van der Waals surface area contributed by atoms with Crippen molar-refractivity contribution in [2.75, 3.05) is 7.11 Å². The average Bonchev–Trinajstić information content (AvgIpc) is 2.17. The van der Waals surface area contributed by atoms with E-state index < -0.39 is 29.4 Å². The molecular formula is C8H6F3NO2. The second kappa shape index (κ2) is 4.08. The molecule has 1 rings (SSSR count). The highest BCUT2D eigenvalue weighted by atomic mass is 19.3. The molecule has 1 aromatic heterocycles. The van der Waals surface area contributed by atoms with Crippen LogP contribution in [0.4, 0.5) is 13.2 Å². The van der Waals surface area contributed by atoms with Crippen molar-refractivity contribution in [3.63, 3.8) is 0 Å². The largest absolute Gasteiger partial charge is 0.494 e. The quantitative estimate of drug-likeness (QED) is 0.708. The van der Waals surface area contributed by atoms with Crippen LogP contribution in [-0.2, 0) is 0 Å². The van der Waals surface area contributed by atoms with Gasteiger partial charge in [0, 0.05) is 6.07 Å². The molecule has 6 heteroatoms. The minimum absolute atomic E-state index is 0.0593. The number of methoxy groups -OCH3 is 1. The Morgan fingerprint density at radius 2 is 2.21 bits per heavy atom. The third-order valence-corrected chi connectivity index (χ3v) is 1.52. The van der Waals surface area contributed by atoms with Crippen molar-refractivity contribution in [3.05, 3.63) is 23.3 Å². The second-order valence-corrected chi connectivity index (χ2v) is 2.37. The van der Waals surface area contributed by atoms with Crippen LogP contribution in [0.3, 0.4) is 0 Å². The fourth-order valence-corrected chi connectivity index (χ4v) is 0.883. The van der Waals surface area contributed by atoms with Gasteiger partial charge in [0.25, 0.3) is 6.43 Å². The number of carbonyl (C=O) groups is 1. The van der Waals surface area contributed by atoms with Crippen molar-refractivity contribution in [2.45, 2.75) is 6.43 Å². The Hall–Kier alpha value is -1.59. The van der Waals surface area contributed by atoms with Gasteiger partial charge in [0.2, 0.25) is 0 Å². The van der Waals surface area contributed by atoms with Gasteiger partial charge in [-0.3, -0.25) is 4.79 Å². The van der Waals surface area contributed by atoms with Crippen molar-refractivity contribution in [1.29, 1.82) is 0 Å². The minimum Gasteiger partial charge on any atom is -0.494 e. The number of carbonyl (C=O) groups excluding carboxylic acids is 1. The number of aromatic nitrogens is 1. The van der Waals surface area contributed by atoms with E-state index in [0.29, 0.717) is 0 Å². The van der Waals surface area contributed by atoms with Gasteiger partial charge >= 0.3 is 0 Å². The Morgan fingerprint density at radius 3 is 2.64 bits per heavy atom. The van der Waals surface area contributed by atoms with Gasteiger partial charge in [-0.25, -0.2) is 18.2 Å². The molecule has 0 N–H and O–H groups in total. The van der Waals surface area contributed by atoms with E-state index in [1.807, 2.05) is 0 Å².